The number of amidine groups is 1. The van der Waals surface area contributed by atoms with E-state index in [2.05, 4.69) is 49.0 Å². The summed E-state index contributed by atoms with van der Waals surface area (Å²) < 4.78 is 13.7. The van der Waals surface area contributed by atoms with E-state index in [9.17, 15) is 14.0 Å². The first-order valence-electron chi connectivity index (χ1n) is 14.3. The fourth-order valence-electron chi connectivity index (χ4n) is 6.09. The quantitative estimate of drug-likeness (QED) is 0.165. The Morgan fingerprint density at radius 2 is 1.78 bits per heavy atom. The van der Waals surface area contributed by atoms with Gasteiger partial charge in [-0.1, -0.05) is 39.8 Å². The second-order valence-corrected chi connectivity index (χ2v) is 11.9. The fourth-order valence-corrected chi connectivity index (χ4v) is 6.09. The zero-order chi connectivity index (χ0) is 29.8. The molecule has 1 atom stereocenters. The molecule has 5 N–H and O–H groups in total. The van der Waals surface area contributed by atoms with Gasteiger partial charge in [-0.3, -0.25) is 30.8 Å². The number of halogens is 1. The lowest BCUT2D eigenvalue weighted by Gasteiger charge is -2.47. The summed E-state index contributed by atoms with van der Waals surface area (Å²) in [6, 6.07) is 13.1. The van der Waals surface area contributed by atoms with Gasteiger partial charge in [0, 0.05) is 18.2 Å². The molecule has 220 valence electrons. The molecular weight excluding hydrogens is 521 g/mol. The zero-order valence-corrected chi connectivity index (χ0v) is 24.6. The van der Waals surface area contributed by atoms with Gasteiger partial charge >= 0.3 is 0 Å². The highest BCUT2D eigenvalue weighted by Gasteiger charge is 2.52. The number of hydrogen-bond donors (Lipinski definition) is 4. The Bertz CT molecular complexity index is 1290. The average molecular weight is 564 g/mol. The summed E-state index contributed by atoms with van der Waals surface area (Å²) >= 11 is 0. The molecule has 2 aromatic carbocycles. The van der Waals surface area contributed by atoms with Crippen LogP contribution in [0.15, 0.2) is 58.5 Å². The molecule has 41 heavy (non-hydrogen) atoms. The van der Waals surface area contributed by atoms with E-state index in [0.717, 1.165) is 31.2 Å². The molecule has 2 amide bonds. The third kappa shape index (κ3) is 6.49. The van der Waals surface area contributed by atoms with Crippen molar-refractivity contribution in [2.75, 3.05) is 13.6 Å². The van der Waals surface area contributed by atoms with Crippen LogP contribution in [0, 0.1) is 17.2 Å². The van der Waals surface area contributed by atoms with Crippen LogP contribution in [0.3, 0.4) is 0 Å². The zero-order valence-electron chi connectivity index (χ0n) is 24.6. The Labute approximate surface area is 241 Å². The number of nitrogens with one attached hydrogen (secondary N) is 3. The maximum absolute atomic E-state index is 14.1. The lowest BCUT2D eigenvalue weighted by Crippen LogP contribution is -2.51. The van der Waals surface area contributed by atoms with E-state index < -0.39 is 5.66 Å². The molecule has 1 unspecified atom stereocenters. The van der Waals surface area contributed by atoms with Gasteiger partial charge in [0.2, 0.25) is 0 Å². The van der Waals surface area contributed by atoms with Gasteiger partial charge < -0.3 is 10.2 Å². The first-order valence-corrected chi connectivity index (χ1v) is 14.3. The van der Waals surface area contributed by atoms with Crippen molar-refractivity contribution in [2.45, 2.75) is 71.5 Å². The van der Waals surface area contributed by atoms with Crippen molar-refractivity contribution in [3.8, 4) is 0 Å². The largest absolute Gasteiger partial charge is 0.345 e. The van der Waals surface area contributed by atoms with E-state index in [1.54, 1.807) is 31.3 Å². The Kier molecular flexibility index (Phi) is 9.24. The van der Waals surface area contributed by atoms with Crippen LogP contribution < -0.4 is 22.1 Å². The minimum absolute atomic E-state index is 0.133. The number of carbonyl (C=O) groups excluding carboxylic acids is 2. The van der Waals surface area contributed by atoms with Gasteiger partial charge in [-0.05, 0) is 85.4 Å². The molecule has 0 radical (unpaired) electrons. The predicted molar refractivity (Wildman–Crippen MR) is 160 cm³/mol. The minimum Gasteiger partial charge on any atom is -0.345 e. The highest BCUT2D eigenvalue weighted by Crippen LogP contribution is 2.49. The molecule has 1 aliphatic carbocycles. The van der Waals surface area contributed by atoms with Crippen LogP contribution >= 0.6 is 0 Å². The molecule has 1 aliphatic heterocycles. The summed E-state index contributed by atoms with van der Waals surface area (Å²) in [6.45, 7) is 9.06. The number of amides is 2. The number of benzene rings is 2. The third-order valence-electron chi connectivity index (χ3n) is 8.48. The average Bonchev–Trinajstić information content (AvgIpc) is 3.23. The molecule has 4 rings (SSSR count). The van der Waals surface area contributed by atoms with Crippen LogP contribution in [0.2, 0.25) is 0 Å². The lowest BCUT2D eigenvalue weighted by molar-refractivity contribution is -0.133. The maximum atomic E-state index is 14.1. The van der Waals surface area contributed by atoms with Crippen molar-refractivity contribution < 1.29 is 14.0 Å². The number of nitrogens with two attached hydrogens (primary N) is 1. The summed E-state index contributed by atoms with van der Waals surface area (Å²) in [5, 5.41) is 2.81. The lowest BCUT2D eigenvalue weighted by atomic mass is 9.69. The third-order valence-corrected chi connectivity index (χ3v) is 8.48. The number of hydrogen-bond acceptors (Lipinski definition) is 6. The number of rotatable bonds is 8. The van der Waals surface area contributed by atoms with Crippen LogP contribution in [0.1, 0.15) is 87.3 Å². The molecule has 1 fully saturated rings. The normalized spacial score (nSPS) is 22.1. The smallest absolute Gasteiger partial charge is 0.275 e. The molecule has 9 nitrogen and oxygen atoms in total. The standard InChI is InChI=1S/C31H42FN7O2/c1-6-25(20-7-9-22(10-8-20)28(40)35-19-26(34-5)37-38-33)39-29(41)27(21-11-13-24(32)14-12-21)36-31(39)17-15-23(16-18-31)30(2,3)4/h7-14,23,25,38H,6,15-19,33H2,1-5H3,(H,34,37)(H,35,40). The van der Waals surface area contributed by atoms with E-state index >= 15 is 0 Å². The van der Waals surface area contributed by atoms with Crippen LogP contribution in [-0.2, 0) is 4.79 Å². The van der Waals surface area contributed by atoms with Crippen molar-refractivity contribution in [2.24, 2.45) is 27.2 Å². The molecule has 2 aliphatic rings. The molecule has 1 spiro atoms. The van der Waals surface area contributed by atoms with Crippen LogP contribution in [0.4, 0.5) is 4.39 Å². The van der Waals surface area contributed by atoms with E-state index in [-0.39, 0.29) is 35.6 Å². The number of aliphatic imine (C=N–C) groups is 2. The fraction of sp³-hybridized carbons (Fsp3) is 0.484. The highest BCUT2D eigenvalue weighted by molar-refractivity contribution is 6.46. The first-order chi connectivity index (χ1) is 19.5. The second-order valence-electron chi connectivity index (χ2n) is 11.9. The van der Waals surface area contributed by atoms with Crippen LogP contribution in [0.5, 0.6) is 0 Å². The molecule has 1 saturated carbocycles. The first kappa shape index (κ1) is 30.3. The van der Waals surface area contributed by atoms with Crippen molar-refractivity contribution in [1.29, 1.82) is 0 Å². The Morgan fingerprint density at radius 3 is 2.32 bits per heavy atom. The van der Waals surface area contributed by atoms with Gasteiger partial charge in [0.25, 0.3) is 11.8 Å². The van der Waals surface area contributed by atoms with Crippen molar-refractivity contribution >= 4 is 23.4 Å². The van der Waals surface area contributed by atoms with Gasteiger partial charge in [0.05, 0.1) is 12.6 Å². The molecule has 2 aromatic rings. The molecular formula is C31H42FN7O2. The van der Waals surface area contributed by atoms with Gasteiger partial charge in [-0.2, -0.15) is 5.53 Å². The topological polar surface area (TPSA) is 124 Å². The van der Waals surface area contributed by atoms with Crippen molar-refractivity contribution in [3.63, 3.8) is 0 Å². The maximum Gasteiger partial charge on any atom is 0.275 e. The van der Waals surface area contributed by atoms with Crippen molar-refractivity contribution in [3.05, 3.63) is 71.0 Å². The summed E-state index contributed by atoms with van der Waals surface area (Å²) in [7, 11) is 1.60. The monoisotopic (exact) mass is 563 g/mol. The van der Waals surface area contributed by atoms with Crippen LogP contribution in [0.25, 0.3) is 0 Å². The van der Waals surface area contributed by atoms with E-state index in [4.69, 9.17) is 10.8 Å². The van der Waals surface area contributed by atoms with Gasteiger partial charge in [-0.25, -0.2) is 4.39 Å². The molecule has 0 bridgehead atoms. The summed E-state index contributed by atoms with van der Waals surface area (Å²) in [5.41, 5.74) is 6.94. The molecule has 10 heteroatoms. The second kappa shape index (κ2) is 12.5. The predicted octanol–water partition coefficient (Wildman–Crippen LogP) is 4.27. The van der Waals surface area contributed by atoms with Crippen molar-refractivity contribution in [1.82, 2.24) is 21.2 Å². The summed E-state index contributed by atoms with van der Waals surface area (Å²) in [4.78, 5) is 38.0. The van der Waals surface area contributed by atoms with Gasteiger partial charge in [0.1, 0.15) is 23.0 Å². The Morgan fingerprint density at radius 1 is 1.15 bits per heavy atom. The molecule has 1 heterocycles. The highest BCUT2D eigenvalue weighted by atomic mass is 19.1. The van der Waals surface area contributed by atoms with E-state index in [1.165, 1.54) is 12.1 Å². The van der Waals surface area contributed by atoms with E-state index in [1.807, 2.05) is 17.0 Å². The van der Waals surface area contributed by atoms with Gasteiger partial charge in [0.15, 0.2) is 0 Å². The molecule has 0 aromatic heterocycles. The number of hydrazine groups is 2. The van der Waals surface area contributed by atoms with E-state index in [0.29, 0.717) is 35.0 Å². The van der Waals surface area contributed by atoms with Gasteiger partial charge in [-0.15, -0.1) is 0 Å². The number of carbonyl (C=O) groups is 2. The summed E-state index contributed by atoms with van der Waals surface area (Å²) in [6.07, 6.45) is 4.17. The Hall–Kier alpha value is -3.63. The number of nitrogens with zero attached hydrogens (tertiary/aromatic N) is 3. The summed E-state index contributed by atoms with van der Waals surface area (Å²) in [5.74, 6) is 5.56. The minimum atomic E-state index is -0.654. The van der Waals surface area contributed by atoms with Crippen LogP contribution in [-0.4, -0.2) is 47.5 Å². The SMILES string of the molecule is CCC(c1ccc(C(=O)NCC(=NC)NNN)cc1)N1C(=O)C(c2ccc(F)cc2)=NC12CCC(C(C)(C)C)CC2. The molecule has 0 saturated heterocycles. The Balaban J connectivity index is 1.61.